The number of hydrogen-bond acceptors (Lipinski definition) is 8. The highest BCUT2D eigenvalue weighted by atomic mass is 16.5. The maximum Gasteiger partial charge on any atom is 0.232 e. The van der Waals surface area contributed by atoms with Crippen LogP contribution in [0.1, 0.15) is 83.2 Å². The van der Waals surface area contributed by atoms with E-state index < -0.39 is 5.78 Å². The summed E-state index contributed by atoms with van der Waals surface area (Å²) >= 11 is 0. The predicted octanol–water partition coefficient (Wildman–Crippen LogP) is 4.56. The summed E-state index contributed by atoms with van der Waals surface area (Å²) in [5, 5.41) is 54.4. The molecule has 3 aromatic rings. The number of phenols is 2. The number of aliphatic hydroxyl groups is 2. The number of hydrogen-bond donors (Lipinski definition) is 6. The van der Waals surface area contributed by atoms with Crippen molar-refractivity contribution in [2.45, 2.75) is 70.4 Å². The molecule has 0 amide bonds. The quantitative estimate of drug-likeness (QED) is 0.261. The number of benzene rings is 3. The Morgan fingerprint density at radius 1 is 0.902 bits per heavy atom. The van der Waals surface area contributed by atoms with Crippen molar-refractivity contribution in [1.82, 2.24) is 10.6 Å². The van der Waals surface area contributed by atoms with Crippen molar-refractivity contribution in [3.8, 4) is 11.5 Å². The Kier molecular flexibility index (Phi) is 5.21. The van der Waals surface area contributed by atoms with Gasteiger partial charge < -0.3 is 35.8 Å². The summed E-state index contributed by atoms with van der Waals surface area (Å²) < 4.78 is 5.75. The Balaban J connectivity index is 1.66. The summed E-state index contributed by atoms with van der Waals surface area (Å²) in [7, 11) is 1.48. The monoisotopic (exact) mass is 552 g/mol. The molecule has 8 rings (SSSR count). The van der Waals surface area contributed by atoms with Gasteiger partial charge in [-0.2, -0.15) is 0 Å². The van der Waals surface area contributed by atoms with Crippen molar-refractivity contribution >= 4 is 38.5 Å². The van der Waals surface area contributed by atoms with E-state index in [1.165, 1.54) is 13.2 Å². The summed E-state index contributed by atoms with van der Waals surface area (Å²) in [5.41, 5.74) is 7.19. The highest BCUT2D eigenvalue weighted by molar-refractivity contribution is 6.33. The van der Waals surface area contributed by atoms with Gasteiger partial charge in [0.15, 0.2) is 5.76 Å². The highest BCUT2D eigenvalue weighted by Crippen LogP contribution is 2.58. The second-order valence-corrected chi connectivity index (χ2v) is 12.0. The molecular formula is C33H32N2O6. The molecule has 210 valence electrons. The third-order valence-corrected chi connectivity index (χ3v) is 9.84. The smallest absolute Gasteiger partial charge is 0.232 e. The highest BCUT2D eigenvalue weighted by Gasteiger charge is 2.45. The van der Waals surface area contributed by atoms with Crippen molar-refractivity contribution < 1.29 is 30.0 Å². The molecule has 1 unspecified atom stereocenters. The van der Waals surface area contributed by atoms with Crippen molar-refractivity contribution in [3.05, 3.63) is 68.6 Å². The molecule has 4 aliphatic carbocycles. The van der Waals surface area contributed by atoms with Gasteiger partial charge in [-0.15, -0.1) is 0 Å². The number of methoxy groups -OCH3 is 1. The lowest BCUT2D eigenvalue weighted by atomic mass is 9.71. The Bertz CT molecular complexity index is 1850. The first-order chi connectivity index (χ1) is 19.9. The Morgan fingerprint density at radius 2 is 1.59 bits per heavy atom. The number of rotatable bonds is 3. The van der Waals surface area contributed by atoms with Crippen molar-refractivity contribution in [3.63, 3.8) is 0 Å². The van der Waals surface area contributed by atoms with Gasteiger partial charge in [0.05, 0.1) is 31.9 Å². The van der Waals surface area contributed by atoms with Crippen LogP contribution in [0.15, 0.2) is 35.2 Å². The van der Waals surface area contributed by atoms with Crippen LogP contribution in [0.5, 0.6) is 11.5 Å². The van der Waals surface area contributed by atoms with Crippen molar-refractivity contribution in [2.24, 2.45) is 0 Å². The van der Waals surface area contributed by atoms with E-state index in [0.29, 0.717) is 33.7 Å². The van der Waals surface area contributed by atoms with E-state index in [-0.39, 0.29) is 54.2 Å². The number of aliphatic hydroxyl groups excluding tert-OH is 2. The number of ether oxygens (including phenoxy) is 1. The lowest BCUT2D eigenvalue weighted by Crippen LogP contribution is -2.57. The van der Waals surface area contributed by atoms with E-state index in [2.05, 4.69) is 16.7 Å². The normalized spacial score (nSPS) is 24.3. The van der Waals surface area contributed by atoms with Crippen LogP contribution in [-0.2, 0) is 18.0 Å². The number of nitrogens with one attached hydrogen (secondary N) is 2. The molecule has 5 aliphatic rings. The number of fused-ring (bicyclic) bond motifs is 4. The zero-order chi connectivity index (χ0) is 28.3. The van der Waals surface area contributed by atoms with E-state index in [4.69, 9.17) is 4.74 Å². The first-order valence-corrected chi connectivity index (χ1v) is 14.4. The average Bonchev–Trinajstić information content (AvgIpc) is 3.12. The molecule has 2 fully saturated rings. The summed E-state index contributed by atoms with van der Waals surface area (Å²) in [6, 6.07) is 3.27. The molecule has 1 saturated heterocycles. The van der Waals surface area contributed by atoms with Gasteiger partial charge in [0.1, 0.15) is 11.5 Å². The van der Waals surface area contributed by atoms with Gasteiger partial charge in [0.2, 0.25) is 5.78 Å². The lowest BCUT2D eigenvalue weighted by Gasteiger charge is -2.46. The van der Waals surface area contributed by atoms with E-state index in [1.807, 2.05) is 6.92 Å². The van der Waals surface area contributed by atoms with Crippen LogP contribution in [-0.4, -0.2) is 45.4 Å². The van der Waals surface area contributed by atoms with Gasteiger partial charge in [-0.05, 0) is 65.8 Å². The molecule has 8 heteroatoms. The summed E-state index contributed by atoms with van der Waals surface area (Å²) in [4.78, 5) is 13.9. The fourth-order valence-corrected chi connectivity index (χ4v) is 8.29. The molecule has 1 heterocycles. The SMILES string of the molecule is COC1=C2CC(C)=CC3=C4N[C@@H]5CCCC[C@@H]5NC4c4c(O)cc(CO)c5c4c3c2c2c(c(O)cc(CO)c25)C1=O. The standard InChI is InChI=1S/C33H32N2O6/c1-13-7-16-24-25-17(8-13)33(41-2)32(40)27-21(39)10-15(12-37)23(29(25)27)22-14(11-36)9-20(38)26(28(22)24)31-30(16)34-18-5-3-4-6-19(18)35-31/h7,9-10,18-19,31,34-39H,3-6,8,11-12H2,1-2H3/t18-,19+,31?/m1/s1. The number of allylic oxidation sites excluding steroid dienone is 5. The minimum Gasteiger partial charge on any atom is -0.508 e. The number of ketones is 1. The van der Waals surface area contributed by atoms with Gasteiger partial charge in [-0.3, -0.25) is 4.79 Å². The largest absolute Gasteiger partial charge is 0.508 e. The van der Waals surface area contributed by atoms with Crippen molar-refractivity contribution in [1.29, 1.82) is 0 Å². The Morgan fingerprint density at radius 3 is 2.29 bits per heavy atom. The second kappa shape index (κ2) is 8.58. The average molecular weight is 553 g/mol. The van der Waals surface area contributed by atoms with Crippen LogP contribution >= 0.6 is 0 Å². The van der Waals surface area contributed by atoms with Gasteiger partial charge in [-0.25, -0.2) is 0 Å². The maximum atomic E-state index is 13.9. The van der Waals surface area contributed by atoms with Crippen LogP contribution in [0.3, 0.4) is 0 Å². The summed E-state index contributed by atoms with van der Waals surface area (Å²) in [6.07, 6.45) is 7.04. The molecule has 0 aromatic heterocycles. The van der Waals surface area contributed by atoms with Crippen molar-refractivity contribution in [2.75, 3.05) is 7.11 Å². The number of aromatic hydroxyl groups is 2. The van der Waals surface area contributed by atoms with Crippen LogP contribution in [0.4, 0.5) is 0 Å². The fourth-order valence-electron chi connectivity index (χ4n) is 8.29. The number of carbonyl (C=O) groups is 1. The minimum atomic E-state index is -0.404. The van der Waals surface area contributed by atoms with Gasteiger partial charge in [0, 0.05) is 50.8 Å². The summed E-state index contributed by atoms with van der Waals surface area (Å²) in [6.45, 7) is 1.32. The van der Waals surface area contributed by atoms with Gasteiger partial charge >= 0.3 is 0 Å². The molecule has 1 saturated carbocycles. The van der Waals surface area contributed by atoms with Crippen LogP contribution in [0, 0.1) is 0 Å². The van der Waals surface area contributed by atoms with E-state index >= 15 is 0 Å². The molecule has 0 radical (unpaired) electrons. The van der Waals surface area contributed by atoms with Crippen LogP contribution < -0.4 is 10.6 Å². The molecule has 8 nitrogen and oxygen atoms in total. The molecular weight excluding hydrogens is 520 g/mol. The zero-order valence-corrected chi connectivity index (χ0v) is 23.0. The third kappa shape index (κ3) is 3.07. The molecule has 3 aromatic carbocycles. The molecule has 0 spiro atoms. The van der Waals surface area contributed by atoms with E-state index in [1.54, 1.807) is 6.07 Å². The molecule has 0 bridgehead atoms. The van der Waals surface area contributed by atoms with E-state index in [9.17, 15) is 25.2 Å². The van der Waals surface area contributed by atoms with Gasteiger partial charge in [0.25, 0.3) is 0 Å². The molecule has 1 aliphatic heterocycles. The predicted molar refractivity (Wildman–Crippen MR) is 155 cm³/mol. The Hall–Kier alpha value is -3.85. The lowest BCUT2D eigenvalue weighted by molar-refractivity contribution is 0.0953. The van der Waals surface area contributed by atoms with Crippen LogP contribution in [0.2, 0.25) is 0 Å². The van der Waals surface area contributed by atoms with Gasteiger partial charge in [-0.1, -0.05) is 24.5 Å². The molecule has 6 N–H and O–H groups in total. The maximum absolute atomic E-state index is 13.9. The first-order valence-electron chi connectivity index (χ1n) is 14.4. The second-order valence-electron chi connectivity index (χ2n) is 12.0. The minimum absolute atomic E-state index is 0.0911. The number of piperazine rings is 1. The van der Waals surface area contributed by atoms with Crippen LogP contribution in [0.25, 0.3) is 32.7 Å². The third-order valence-electron chi connectivity index (χ3n) is 9.84. The zero-order valence-electron chi connectivity index (χ0n) is 23.0. The van der Waals surface area contributed by atoms with E-state index in [0.717, 1.165) is 70.2 Å². The Labute approximate surface area is 236 Å². The number of Topliss-reactive ketones (excluding diaryl/α,β-unsaturated/α-hetero) is 1. The first kappa shape index (κ1) is 24.9. The number of phenolic OH excluding ortho intramolecular Hbond substituents is 2. The molecule has 41 heavy (non-hydrogen) atoms. The fraction of sp³-hybridized carbons (Fsp3) is 0.364. The topological polar surface area (TPSA) is 131 Å². The molecule has 3 atom stereocenters. The summed E-state index contributed by atoms with van der Waals surface area (Å²) in [5.74, 6) is -0.341. The number of carbonyl (C=O) groups excluding carboxylic acids is 1.